The topological polar surface area (TPSA) is 40.5 Å². The van der Waals surface area contributed by atoms with Gasteiger partial charge in [-0.3, -0.25) is 0 Å². The van der Waals surface area contributed by atoms with Crippen molar-refractivity contribution in [3.05, 3.63) is 23.8 Å². The average molecular weight is 286 g/mol. The Hall–Kier alpha value is 0.209. The molecule has 13 heavy (non-hydrogen) atoms. The molecule has 2 N–H and O–H groups in total. The van der Waals surface area contributed by atoms with E-state index in [1.807, 2.05) is 0 Å². The van der Waals surface area contributed by atoms with Gasteiger partial charge in [0.05, 0.1) is 0 Å². The van der Waals surface area contributed by atoms with Crippen LogP contribution in [0.4, 0.5) is 0 Å². The van der Waals surface area contributed by atoms with Gasteiger partial charge in [0, 0.05) is 6.07 Å². The van der Waals surface area contributed by atoms with E-state index >= 15 is 0 Å². The Labute approximate surface area is 106 Å². The zero-order chi connectivity index (χ0) is 6.85. The van der Waals surface area contributed by atoms with E-state index in [9.17, 15) is 0 Å². The van der Waals surface area contributed by atoms with Crippen molar-refractivity contribution in [1.82, 2.24) is 0 Å². The van der Waals surface area contributed by atoms with Gasteiger partial charge in [-0.1, -0.05) is 0 Å². The monoisotopic (exact) mass is 285 g/mol. The fraction of sp³-hybridized carbons (Fsp3) is 0.143. The Morgan fingerprint density at radius 1 is 0.846 bits per heavy atom. The molecule has 0 bridgehead atoms. The Bertz CT molecular complexity index is 182. The number of phenols is 2. The predicted molar refractivity (Wildman–Crippen MR) is 34.5 cm³/mol. The van der Waals surface area contributed by atoms with Gasteiger partial charge in [0.25, 0.3) is 0 Å². The van der Waals surface area contributed by atoms with Crippen LogP contribution in [-0.2, 0) is 17.1 Å². The molecule has 0 heterocycles. The van der Waals surface area contributed by atoms with Crippen LogP contribution < -0.4 is 37.2 Å². The molecular weight excluding hydrogens is 278 g/mol. The maximum Gasteiger partial charge on any atom is 3.00 e. The van der Waals surface area contributed by atoms with E-state index in [1.165, 1.54) is 6.07 Å². The summed E-state index contributed by atoms with van der Waals surface area (Å²) in [5.41, 5.74) is 0.854. The van der Waals surface area contributed by atoms with Gasteiger partial charge >= 0.3 is 17.1 Å². The number of phenolic OH excluding ortho intramolecular Hbond substituents is 2. The van der Waals surface area contributed by atoms with Crippen LogP contribution in [0.5, 0.6) is 11.5 Å². The summed E-state index contributed by atoms with van der Waals surface area (Å²) in [7, 11) is 0. The van der Waals surface area contributed by atoms with Crippen LogP contribution in [0.15, 0.2) is 18.2 Å². The van der Waals surface area contributed by atoms with E-state index in [2.05, 4.69) is 0 Å². The summed E-state index contributed by atoms with van der Waals surface area (Å²) in [6, 6.07) is 4.46. The number of hydrogen-bond donors (Lipinski definition) is 2. The minimum Gasteiger partial charge on any atom is -1.00 e. The van der Waals surface area contributed by atoms with Crippen molar-refractivity contribution >= 4 is 0 Å². The van der Waals surface area contributed by atoms with Gasteiger partial charge in [-0.15, -0.1) is 0 Å². The summed E-state index contributed by atoms with van der Waals surface area (Å²) in [5, 5.41) is 17.7. The first-order valence-electron chi connectivity index (χ1n) is 2.68. The standard InChI is InChI=1S/C7H8O2.3ClH.Fe/c1-5-2-6(8)4-7(9)3-5;;;;/h2-4,8-9H,1H3;3*1H;/q;;;;+3/p-3. The minimum absolute atomic E-state index is 0. The first kappa shape index (κ1) is 23.2. The van der Waals surface area contributed by atoms with E-state index in [-0.39, 0.29) is 65.8 Å². The first-order chi connectivity index (χ1) is 4.18. The van der Waals surface area contributed by atoms with Gasteiger partial charge in [-0.25, -0.2) is 0 Å². The predicted octanol–water partition coefficient (Wildman–Crippen LogP) is -7.58. The van der Waals surface area contributed by atoms with Crippen LogP contribution in [-0.4, -0.2) is 10.2 Å². The van der Waals surface area contributed by atoms with Crippen molar-refractivity contribution in [3.63, 3.8) is 0 Å². The molecule has 1 aromatic rings. The molecule has 0 atom stereocenters. The van der Waals surface area contributed by atoms with Crippen LogP contribution in [0.1, 0.15) is 5.56 Å². The molecule has 0 aliphatic rings. The van der Waals surface area contributed by atoms with Gasteiger partial charge in [-0.2, -0.15) is 0 Å². The number of halogens is 3. The second-order valence-electron chi connectivity index (χ2n) is 2.03. The van der Waals surface area contributed by atoms with Crippen molar-refractivity contribution in [2.45, 2.75) is 6.92 Å². The van der Waals surface area contributed by atoms with Gasteiger partial charge in [-0.05, 0) is 24.6 Å². The Balaban J connectivity index is -0.000000101. The van der Waals surface area contributed by atoms with E-state index in [0.717, 1.165) is 5.56 Å². The van der Waals surface area contributed by atoms with Crippen LogP contribution in [0, 0.1) is 6.92 Å². The number of rotatable bonds is 0. The summed E-state index contributed by atoms with van der Waals surface area (Å²) in [6.45, 7) is 1.80. The summed E-state index contributed by atoms with van der Waals surface area (Å²) >= 11 is 0. The Morgan fingerprint density at radius 3 is 1.38 bits per heavy atom. The maximum absolute atomic E-state index is 8.83. The molecule has 2 nitrogen and oxygen atoms in total. The molecule has 0 unspecified atom stereocenters. The van der Waals surface area contributed by atoms with Gasteiger partial charge in [0.1, 0.15) is 11.5 Å². The Kier molecular flexibility index (Phi) is 18.4. The number of hydrogen-bond acceptors (Lipinski definition) is 2. The van der Waals surface area contributed by atoms with Gasteiger partial charge in [0.2, 0.25) is 0 Å². The molecule has 0 fully saturated rings. The third-order valence-corrected chi connectivity index (χ3v) is 1.05. The summed E-state index contributed by atoms with van der Waals surface area (Å²) < 4.78 is 0. The van der Waals surface area contributed by atoms with E-state index in [0.29, 0.717) is 0 Å². The summed E-state index contributed by atoms with van der Waals surface area (Å²) in [6.07, 6.45) is 0. The fourth-order valence-electron chi connectivity index (χ4n) is 0.743. The number of aryl methyl sites for hydroxylation is 1. The molecular formula is C7H8Cl3FeO2. The molecule has 0 saturated carbocycles. The summed E-state index contributed by atoms with van der Waals surface area (Å²) in [5.74, 6) is 0.208. The van der Waals surface area contributed by atoms with Crippen molar-refractivity contribution < 1.29 is 64.5 Å². The smallest absolute Gasteiger partial charge is 1.00 e. The molecule has 77 valence electrons. The minimum atomic E-state index is 0. The first-order valence-corrected chi connectivity index (χ1v) is 2.68. The number of benzene rings is 1. The van der Waals surface area contributed by atoms with Crippen molar-refractivity contribution in [2.24, 2.45) is 0 Å². The maximum atomic E-state index is 8.83. The largest absolute Gasteiger partial charge is 3.00 e. The third-order valence-electron chi connectivity index (χ3n) is 1.05. The molecule has 0 aliphatic carbocycles. The molecule has 1 aromatic carbocycles. The summed E-state index contributed by atoms with van der Waals surface area (Å²) in [4.78, 5) is 0. The SMILES string of the molecule is Cc1cc(O)cc(O)c1.[Cl-].[Cl-].[Cl-].[Fe+3]. The van der Waals surface area contributed by atoms with Crippen LogP contribution in [0.2, 0.25) is 0 Å². The molecule has 0 aliphatic heterocycles. The van der Waals surface area contributed by atoms with E-state index in [4.69, 9.17) is 10.2 Å². The molecule has 1 radical (unpaired) electrons. The second-order valence-corrected chi connectivity index (χ2v) is 2.03. The van der Waals surface area contributed by atoms with Gasteiger partial charge in [0.15, 0.2) is 0 Å². The van der Waals surface area contributed by atoms with Crippen LogP contribution >= 0.6 is 0 Å². The molecule has 0 aromatic heterocycles. The average Bonchev–Trinajstić information content (AvgIpc) is 1.59. The van der Waals surface area contributed by atoms with E-state index in [1.54, 1.807) is 19.1 Å². The van der Waals surface area contributed by atoms with Crippen molar-refractivity contribution in [2.75, 3.05) is 0 Å². The molecule has 6 heteroatoms. The molecule has 0 spiro atoms. The fourth-order valence-corrected chi connectivity index (χ4v) is 0.743. The van der Waals surface area contributed by atoms with Crippen molar-refractivity contribution in [1.29, 1.82) is 0 Å². The van der Waals surface area contributed by atoms with E-state index < -0.39 is 0 Å². The normalized spacial score (nSPS) is 6.54. The van der Waals surface area contributed by atoms with Crippen LogP contribution in [0.3, 0.4) is 0 Å². The van der Waals surface area contributed by atoms with Gasteiger partial charge < -0.3 is 47.4 Å². The molecule has 0 saturated heterocycles. The zero-order valence-electron chi connectivity index (χ0n) is 6.61. The molecule has 1 rings (SSSR count). The Morgan fingerprint density at radius 2 is 1.15 bits per heavy atom. The second kappa shape index (κ2) is 10.3. The number of aromatic hydroxyl groups is 2. The van der Waals surface area contributed by atoms with Crippen LogP contribution in [0.25, 0.3) is 0 Å². The zero-order valence-corrected chi connectivity index (χ0v) is 9.99. The van der Waals surface area contributed by atoms with Crippen molar-refractivity contribution in [3.8, 4) is 11.5 Å². The quantitative estimate of drug-likeness (QED) is 0.465. The third kappa shape index (κ3) is 8.54. The molecule has 0 amide bonds.